The molecule has 10 nitrogen and oxygen atoms in total. The Hall–Kier alpha value is -4.25. The third kappa shape index (κ3) is 5.22. The van der Waals surface area contributed by atoms with E-state index in [-0.39, 0.29) is 17.5 Å². The van der Waals surface area contributed by atoms with Crippen LogP contribution < -0.4 is 15.2 Å². The van der Waals surface area contributed by atoms with Gasteiger partial charge >= 0.3 is 0 Å². The van der Waals surface area contributed by atoms with E-state index in [0.717, 1.165) is 22.2 Å². The number of aliphatic hydroxyl groups is 1. The lowest BCUT2D eigenvalue weighted by Gasteiger charge is -2.39. The average Bonchev–Trinajstić information content (AvgIpc) is 3.17. The van der Waals surface area contributed by atoms with Crippen LogP contribution in [-0.2, 0) is 18.4 Å². The molecule has 2 aromatic heterocycles. The first-order chi connectivity index (χ1) is 18.8. The Morgan fingerprint density at radius 1 is 1.15 bits per heavy atom. The van der Waals surface area contributed by atoms with Gasteiger partial charge in [0.15, 0.2) is 0 Å². The lowest BCUT2D eigenvalue weighted by molar-refractivity contribution is -0.134. The van der Waals surface area contributed by atoms with Crippen molar-refractivity contribution in [1.29, 1.82) is 0 Å². The number of aromatic nitrogens is 4. The molecule has 1 saturated heterocycles. The van der Waals surface area contributed by atoms with Crippen LogP contribution in [0.1, 0.15) is 19.4 Å². The maximum absolute atomic E-state index is 13.6. The summed E-state index contributed by atoms with van der Waals surface area (Å²) in [5.74, 6) is 0.719. The number of ether oxygens (including phenoxy) is 1. The molecule has 1 amide bonds. The van der Waals surface area contributed by atoms with E-state index in [0.29, 0.717) is 43.3 Å². The molecule has 4 aromatic rings. The van der Waals surface area contributed by atoms with Gasteiger partial charge in [-0.15, -0.1) is 0 Å². The predicted octanol–water partition coefficient (Wildman–Crippen LogP) is 2.57. The van der Waals surface area contributed by atoms with Crippen molar-refractivity contribution in [3.05, 3.63) is 70.8 Å². The fourth-order valence-electron chi connectivity index (χ4n) is 5.03. The molecule has 1 unspecified atom stereocenters. The highest BCUT2D eigenvalue weighted by Crippen LogP contribution is 2.27. The van der Waals surface area contributed by atoms with Crippen molar-refractivity contribution in [2.45, 2.75) is 32.8 Å². The summed E-state index contributed by atoms with van der Waals surface area (Å²) in [5, 5.41) is 9.71. The first-order valence-corrected chi connectivity index (χ1v) is 12.8. The minimum atomic E-state index is -1.46. The van der Waals surface area contributed by atoms with E-state index in [1.807, 2.05) is 40.8 Å². The van der Waals surface area contributed by atoms with E-state index >= 15 is 0 Å². The van der Waals surface area contributed by atoms with Crippen LogP contribution >= 0.6 is 0 Å². The molecule has 1 aliphatic rings. The molecule has 1 N–H and O–H groups in total. The number of piperazine rings is 1. The van der Waals surface area contributed by atoms with Crippen LogP contribution in [0.5, 0.6) is 5.75 Å². The average molecular weight is 535 g/mol. The number of alkyl halides is 1. The van der Waals surface area contributed by atoms with Crippen molar-refractivity contribution < 1.29 is 19.0 Å². The zero-order valence-corrected chi connectivity index (χ0v) is 22.1. The second-order valence-corrected chi connectivity index (χ2v) is 9.70. The number of nitrogens with zero attached hydrogens (tertiary/aromatic N) is 6. The number of carbonyl (C=O) groups is 1. The highest BCUT2D eigenvalue weighted by Gasteiger charge is 2.28. The van der Waals surface area contributed by atoms with Crippen molar-refractivity contribution in [1.82, 2.24) is 24.2 Å². The van der Waals surface area contributed by atoms with Gasteiger partial charge in [0.05, 0.1) is 17.4 Å². The molecule has 1 aliphatic heterocycles. The monoisotopic (exact) mass is 534 g/mol. The lowest BCUT2D eigenvalue weighted by atomic mass is 10.1. The molecule has 5 rings (SSSR count). The summed E-state index contributed by atoms with van der Waals surface area (Å²) in [7, 11) is 1.70. The van der Waals surface area contributed by atoms with Crippen molar-refractivity contribution in [2.24, 2.45) is 7.05 Å². The van der Waals surface area contributed by atoms with Gasteiger partial charge in [0.1, 0.15) is 12.4 Å². The SMILES string of the molecule is CC(F)Oc1ccccc1Cn1c2cc(-c3cnc(N4CCN(C(=O)CO)C[C@H]4C)nc3)ccc2c(=O)n1C. The van der Waals surface area contributed by atoms with Gasteiger partial charge in [-0.05, 0) is 30.7 Å². The fourth-order valence-corrected chi connectivity index (χ4v) is 5.03. The van der Waals surface area contributed by atoms with Gasteiger partial charge in [-0.25, -0.2) is 14.4 Å². The number of benzene rings is 2. The van der Waals surface area contributed by atoms with Gasteiger partial charge in [0.2, 0.25) is 18.2 Å². The molecule has 0 saturated carbocycles. The Kier molecular flexibility index (Phi) is 7.34. The number of para-hydroxylation sites is 1. The zero-order valence-electron chi connectivity index (χ0n) is 22.1. The van der Waals surface area contributed by atoms with Crippen LogP contribution in [0.2, 0.25) is 0 Å². The van der Waals surface area contributed by atoms with Gasteiger partial charge in [-0.3, -0.25) is 19.0 Å². The van der Waals surface area contributed by atoms with Crippen LogP contribution in [0.4, 0.5) is 10.3 Å². The molecule has 2 atom stereocenters. The molecular formula is C28H31FN6O4. The second-order valence-electron chi connectivity index (χ2n) is 9.70. The molecule has 0 spiro atoms. The predicted molar refractivity (Wildman–Crippen MR) is 145 cm³/mol. The molecule has 2 aromatic carbocycles. The number of halogens is 1. The van der Waals surface area contributed by atoms with Gasteiger partial charge in [-0.1, -0.05) is 24.3 Å². The molecule has 204 valence electrons. The summed E-state index contributed by atoms with van der Waals surface area (Å²) in [6.07, 6.45) is 2.04. The van der Waals surface area contributed by atoms with E-state index < -0.39 is 13.0 Å². The zero-order chi connectivity index (χ0) is 27.7. The minimum Gasteiger partial charge on any atom is -0.460 e. The maximum Gasteiger partial charge on any atom is 0.274 e. The summed E-state index contributed by atoms with van der Waals surface area (Å²) in [5.41, 5.74) is 2.99. The van der Waals surface area contributed by atoms with E-state index in [1.54, 1.807) is 47.2 Å². The van der Waals surface area contributed by atoms with E-state index in [2.05, 4.69) is 9.97 Å². The number of aliphatic hydroxyl groups excluding tert-OH is 1. The molecule has 39 heavy (non-hydrogen) atoms. The Morgan fingerprint density at radius 3 is 2.59 bits per heavy atom. The summed E-state index contributed by atoms with van der Waals surface area (Å²) < 4.78 is 22.3. The Balaban J connectivity index is 1.43. The van der Waals surface area contributed by atoms with Crippen molar-refractivity contribution in [3.8, 4) is 16.9 Å². The van der Waals surface area contributed by atoms with Crippen molar-refractivity contribution in [2.75, 3.05) is 31.1 Å². The van der Waals surface area contributed by atoms with E-state index in [9.17, 15) is 14.0 Å². The van der Waals surface area contributed by atoms with Gasteiger partial charge in [-0.2, -0.15) is 0 Å². The highest BCUT2D eigenvalue weighted by molar-refractivity contribution is 5.84. The van der Waals surface area contributed by atoms with Crippen LogP contribution in [0.3, 0.4) is 0 Å². The number of rotatable bonds is 7. The minimum absolute atomic E-state index is 0.00226. The maximum atomic E-state index is 13.6. The van der Waals surface area contributed by atoms with Crippen molar-refractivity contribution in [3.63, 3.8) is 0 Å². The number of anilines is 1. The van der Waals surface area contributed by atoms with Gasteiger partial charge < -0.3 is 19.6 Å². The van der Waals surface area contributed by atoms with E-state index in [1.165, 1.54) is 6.92 Å². The fraction of sp³-hybridized carbons (Fsp3) is 0.357. The summed E-state index contributed by atoms with van der Waals surface area (Å²) >= 11 is 0. The third-order valence-corrected chi connectivity index (χ3v) is 7.09. The normalized spacial score (nSPS) is 16.5. The Morgan fingerprint density at radius 2 is 1.90 bits per heavy atom. The third-order valence-electron chi connectivity index (χ3n) is 7.09. The van der Waals surface area contributed by atoms with Crippen LogP contribution in [-0.4, -0.2) is 73.9 Å². The van der Waals surface area contributed by atoms with Crippen LogP contribution in [0.15, 0.2) is 59.7 Å². The smallest absolute Gasteiger partial charge is 0.274 e. The second kappa shape index (κ2) is 10.9. The first kappa shape index (κ1) is 26.4. The van der Waals surface area contributed by atoms with Gasteiger partial charge in [0, 0.05) is 63.2 Å². The molecule has 1 fully saturated rings. The van der Waals surface area contributed by atoms with Crippen LogP contribution in [0, 0.1) is 0 Å². The molecular weight excluding hydrogens is 503 g/mol. The molecule has 0 aliphatic carbocycles. The lowest BCUT2D eigenvalue weighted by Crippen LogP contribution is -2.54. The molecule has 3 heterocycles. The summed E-state index contributed by atoms with van der Waals surface area (Å²) in [6.45, 7) is 4.71. The summed E-state index contributed by atoms with van der Waals surface area (Å²) in [6, 6.07) is 12.8. The number of fused-ring (bicyclic) bond motifs is 1. The largest absolute Gasteiger partial charge is 0.460 e. The Bertz CT molecular complexity index is 1550. The summed E-state index contributed by atoms with van der Waals surface area (Å²) in [4.78, 5) is 37.7. The number of carbonyl (C=O) groups excluding carboxylic acids is 1. The topological polar surface area (TPSA) is 106 Å². The molecule has 0 bridgehead atoms. The quantitative estimate of drug-likeness (QED) is 0.389. The number of hydrogen-bond donors (Lipinski definition) is 1. The molecule has 11 heteroatoms. The number of amides is 1. The molecule has 0 radical (unpaired) electrons. The van der Waals surface area contributed by atoms with E-state index in [4.69, 9.17) is 9.84 Å². The Labute approximate surface area is 224 Å². The van der Waals surface area contributed by atoms with Crippen LogP contribution in [0.25, 0.3) is 22.0 Å². The number of hydrogen-bond acceptors (Lipinski definition) is 7. The van der Waals surface area contributed by atoms with Gasteiger partial charge in [0.25, 0.3) is 5.56 Å². The van der Waals surface area contributed by atoms with Crippen molar-refractivity contribution >= 4 is 22.8 Å². The highest BCUT2D eigenvalue weighted by atomic mass is 19.1. The first-order valence-electron chi connectivity index (χ1n) is 12.8. The standard InChI is InChI=1S/C28H31FN6O4/c1-18-15-33(26(37)17-36)10-11-34(18)28-30-13-22(14-31-28)20-8-9-23-24(12-20)35(32(3)27(23)38)16-21-6-4-5-7-25(21)39-19(2)29/h4-9,12-14,18-19,36H,10-11,15-17H2,1-3H3/t18-,19?/m1/s1.